The van der Waals surface area contributed by atoms with E-state index in [0.717, 1.165) is 0 Å². The number of nitrogens with one attached hydrogen (secondary N) is 1. The number of hydrogen-bond donors (Lipinski definition) is 2. The van der Waals surface area contributed by atoms with Crippen LogP contribution in [0, 0.1) is 5.82 Å². The van der Waals surface area contributed by atoms with Gasteiger partial charge >= 0.3 is 0 Å². The van der Waals surface area contributed by atoms with Crippen LogP contribution in [0.1, 0.15) is 12.0 Å². The number of carbonyl (C=O) groups is 2. The molecule has 1 unspecified atom stereocenters. The molecule has 1 heterocycles. The van der Waals surface area contributed by atoms with E-state index in [-0.39, 0.29) is 19.5 Å². The van der Waals surface area contributed by atoms with E-state index in [9.17, 15) is 19.1 Å². The van der Waals surface area contributed by atoms with E-state index >= 15 is 0 Å². The van der Waals surface area contributed by atoms with Crippen molar-refractivity contribution in [3.05, 3.63) is 63.9 Å². The number of hydrogen-bond acceptors (Lipinski definition) is 3. The van der Waals surface area contributed by atoms with Gasteiger partial charge in [-0.15, -0.1) is 0 Å². The Hall–Kier alpha value is -2.15. The molecular weight excluding hydrogens is 382 g/mol. The molecule has 2 amide bonds. The minimum absolute atomic E-state index is 0.0608. The highest BCUT2D eigenvalue weighted by Crippen LogP contribution is 2.29. The zero-order chi connectivity index (χ0) is 18.9. The Morgan fingerprint density at radius 2 is 1.81 bits per heavy atom. The molecule has 1 fully saturated rings. The Morgan fingerprint density at radius 1 is 1.19 bits per heavy atom. The van der Waals surface area contributed by atoms with Gasteiger partial charge in [-0.25, -0.2) is 4.39 Å². The summed E-state index contributed by atoms with van der Waals surface area (Å²) in [6.45, 7) is 0.211. The van der Waals surface area contributed by atoms with Crippen molar-refractivity contribution in [1.29, 1.82) is 0 Å². The highest BCUT2D eigenvalue weighted by atomic mass is 35.5. The summed E-state index contributed by atoms with van der Waals surface area (Å²) in [5, 5.41) is 13.9. The molecule has 0 spiro atoms. The summed E-state index contributed by atoms with van der Waals surface area (Å²) in [4.78, 5) is 26.2. The number of amides is 2. The van der Waals surface area contributed by atoms with Crippen molar-refractivity contribution in [2.24, 2.45) is 0 Å². The summed E-state index contributed by atoms with van der Waals surface area (Å²) in [7, 11) is 0. The third kappa shape index (κ3) is 3.67. The van der Waals surface area contributed by atoms with Gasteiger partial charge in [-0.05, 0) is 48.0 Å². The van der Waals surface area contributed by atoms with Gasteiger partial charge in [0.2, 0.25) is 5.60 Å². The molecule has 136 valence electrons. The Bertz CT molecular complexity index is 840. The number of rotatable bonds is 4. The summed E-state index contributed by atoms with van der Waals surface area (Å²) >= 11 is 11.8. The largest absolute Gasteiger partial charge is 0.372 e. The van der Waals surface area contributed by atoms with Crippen LogP contribution in [0.25, 0.3) is 0 Å². The topological polar surface area (TPSA) is 69.6 Å². The van der Waals surface area contributed by atoms with Crippen molar-refractivity contribution < 1.29 is 19.1 Å². The van der Waals surface area contributed by atoms with Gasteiger partial charge in [0.1, 0.15) is 5.82 Å². The van der Waals surface area contributed by atoms with Crippen LogP contribution in [0.4, 0.5) is 10.1 Å². The van der Waals surface area contributed by atoms with E-state index in [0.29, 0.717) is 21.3 Å². The van der Waals surface area contributed by atoms with E-state index in [1.54, 1.807) is 18.2 Å². The van der Waals surface area contributed by atoms with Gasteiger partial charge in [0.25, 0.3) is 11.8 Å². The standard InChI is InChI=1S/C18H15Cl2FN2O3/c19-12-7-11(8-13(20)9-12)10-22-16(24)18(26)5-6-23(17(18)25)15-3-1-14(21)2-4-15/h1-4,7-9,26H,5-6,10H2,(H,22,24). The van der Waals surface area contributed by atoms with Crippen LogP contribution in [-0.4, -0.2) is 29.1 Å². The Labute approximate surface area is 159 Å². The number of halogens is 3. The molecule has 26 heavy (non-hydrogen) atoms. The summed E-state index contributed by atoms with van der Waals surface area (Å²) in [5.41, 5.74) is -1.11. The summed E-state index contributed by atoms with van der Waals surface area (Å²) < 4.78 is 13.0. The highest BCUT2D eigenvalue weighted by Gasteiger charge is 2.51. The maximum absolute atomic E-state index is 13.0. The molecule has 1 aliphatic rings. The van der Waals surface area contributed by atoms with Gasteiger partial charge < -0.3 is 15.3 Å². The molecule has 0 bridgehead atoms. The van der Waals surface area contributed by atoms with Crippen molar-refractivity contribution in [2.75, 3.05) is 11.4 Å². The predicted molar refractivity (Wildman–Crippen MR) is 96.6 cm³/mol. The molecule has 5 nitrogen and oxygen atoms in total. The van der Waals surface area contributed by atoms with Crippen LogP contribution in [0.3, 0.4) is 0 Å². The van der Waals surface area contributed by atoms with Gasteiger partial charge in [0.05, 0.1) is 0 Å². The zero-order valence-corrected chi connectivity index (χ0v) is 15.0. The van der Waals surface area contributed by atoms with Crippen molar-refractivity contribution in [3.63, 3.8) is 0 Å². The zero-order valence-electron chi connectivity index (χ0n) is 13.5. The molecule has 1 aliphatic heterocycles. The lowest BCUT2D eigenvalue weighted by molar-refractivity contribution is -0.149. The predicted octanol–water partition coefficient (Wildman–Crippen LogP) is 2.92. The first kappa shape index (κ1) is 18.6. The van der Waals surface area contributed by atoms with Crippen molar-refractivity contribution in [3.8, 4) is 0 Å². The summed E-state index contributed by atoms with van der Waals surface area (Å²) in [5.74, 6) is -1.98. The van der Waals surface area contributed by atoms with Gasteiger partial charge in [0.15, 0.2) is 0 Å². The SMILES string of the molecule is O=C(NCc1cc(Cl)cc(Cl)c1)C1(O)CCN(c2ccc(F)cc2)C1=O. The molecule has 1 saturated heterocycles. The lowest BCUT2D eigenvalue weighted by atomic mass is 10.0. The quantitative estimate of drug-likeness (QED) is 0.780. The average molecular weight is 397 g/mol. The summed E-state index contributed by atoms with van der Waals surface area (Å²) in [6, 6.07) is 10.1. The highest BCUT2D eigenvalue weighted by molar-refractivity contribution is 6.34. The first-order valence-electron chi connectivity index (χ1n) is 7.83. The second-order valence-electron chi connectivity index (χ2n) is 6.00. The second-order valence-corrected chi connectivity index (χ2v) is 6.88. The van der Waals surface area contributed by atoms with Crippen LogP contribution >= 0.6 is 23.2 Å². The van der Waals surface area contributed by atoms with Gasteiger partial charge in [-0.2, -0.15) is 0 Å². The van der Waals surface area contributed by atoms with Crippen molar-refractivity contribution in [1.82, 2.24) is 5.32 Å². The monoisotopic (exact) mass is 396 g/mol. The molecule has 3 rings (SSSR count). The number of anilines is 1. The van der Waals surface area contributed by atoms with Crippen molar-refractivity contribution >= 4 is 40.7 Å². The lowest BCUT2D eigenvalue weighted by Crippen LogP contribution is -2.52. The maximum Gasteiger partial charge on any atom is 0.268 e. The molecule has 0 saturated carbocycles. The molecule has 2 aromatic carbocycles. The molecule has 1 atom stereocenters. The molecular formula is C18H15Cl2FN2O3. The third-order valence-electron chi connectivity index (χ3n) is 4.19. The van der Waals surface area contributed by atoms with Crippen LogP contribution in [0.2, 0.25) is 10.0 Å². The van der Waals surface area contributed by atoms with E-state index in [4.69, 9.17) is 23.2 Å². The Balaban J connectivity index is 1.70. The number of nitrogens with zero attached hydrogens (tertiary/aromatic N) is 1. The third-order valence-corrected chi connectivity index (χ3v) is 4.62. The smallest absolute Gasteiger partial charge is 0.268 e. The van der Waals surface area contributed by atoms with Gasteiger partial charge in [-0.3, -0.25) is 9.59 Å². The Morgan fingerprint density at radius 3 is 2.42 bits per heavy atom. The second kappa shape index (κ2) is 7.23. The average Bonchev–Trinajstić information content (AvgIpc) is 2.89. The van der Waals surface area contributed by atoms with E-state index < -0.39 is 23.2 Å². The lowest BCUT2D eigenvalue weighted by Gasteiger charge is -2.22. The molecule has 0 aliphatic carbocycles. The van der Waals surface area contributed by atoms with Gasteiger partial charge in [-0.1, -0.05) is 23.2 Å². The van der Waals surface area contributed by atoms with E-state index in [2.05, 4.69) is 5.32 Å². The van der Waals surface area contributed by atoms with Crippen LogP contribution in [0.15, 0.2) is 42.5 Å². The number of carbonyl (C=O) groups excluding carboxylic acids is 2. The molecule has 2 aromatic rings. The molecule has 0 radical (unpaired) electrons. The van der Waals surface area contributed by atoms with E-state index in [1.807, 2.05) is 0 Å². The fraction of sp³-hybridized carbons (Fsp3) is 0.222. The minimum atomic E-state index is -2.17. The van der Waals surface area contributed by atoms with Crippen LogP contribution < -0.4 is 10.2 Å². The van der Waals surface area contributed by atoms with Gasteiger partial charge in [0, 0.05) is 35.2 Å². The van der Waals surface area contributed by atoms with E-state index in [1.165, 1.54) is 29.2 Å². The summed E-state index contributed by atoms with van der Waals surface area (Å²) in [6.07, 6.45) is -0.0641. The Kier molecular flexibility index (Phi) is 5.18. The molecule has 0 aromatic heterocycles. The van der Waals surface area contributed by atoms with Crippen molar-refractivity contribution in [2.45, 2.75) is 18.6 Å². The first-order chi connectivity index (χ1) is 12.3. The maximum atomic E-state index is 13.0. The fourth-order valence-electron chi connectivity index (χ4n) is 2.82. The first-order valence-corrected chi connectivity index (χ1v) is 8.58. The normalized spacial score (nSPS) is 19.7. The van der Waals surface area contributed by atoms with Crippen LogP contribution in [0.5, 0.6) is 0 Å². The molecule has 2 N–H and O–H groups in total. The minimum Gasteiger partial charge on any atom is -0.372 e. The number of benzene rings is 2. The number of aliphatic hydroxyl groups is 1. The van der Waals surface area contributed by atoms with Crippen LogP contribution in [-0.2, 0) is 16.1 Å². The molecule has 8 heteroatoms. The fourth-order valence-corrected chi connectivity index (χ4v) is 3.40.